The summed E-state index contributed by atoms with van der Waals surface area (Å²) in [5.41, 5.74) is 1.01. The minimum atomic E-state index is -0.998. The molecule has 1 heterocycles. The molecule has 0 aliphatic heterocycles. The first-order chi connectivity index (χ1) is 11.9. The third-order valence-corrected chi connectivity index (χ3v) is 4.11. The van der Waals surface area contributed by atoms with Crippen molar-refractivity contribution < 1.29 is 18.0 Å². The average molecular weight is 344 g/mol. The Morgan fingerprint density at radius 1 is 1.16 bits per heavy atom. The maximum Gasteiger partial charge on any atom is 0.238 e. The molecule has 0 saturated heterocycles. The number of rotatable bonds is 5. The number of anilines is 1. The van der Waals surface area contributed by atoms with Gasteiger partial charge in [-0.3, -0.25) is 9.69 Å². The van der Waals surface area contributed by atoms with Crippen molar-refractivity contribution in [2.75, 3.05) is 18.9 Å². The second-order valence-corrected chi connectivity index (χ2v) is 5.95. The van der Waals surface area contributed by atoms with Gasteiger partial charge in [0.15, 0.2) is 11.6 Å². The van der Waals surface area contributed by atoms with E-state index in [1.54, 1.807) is 7.05 Å². The molecule has 130 valence electrons. The Morgan fingerprint density at radius 3 is 2.64 bits per heavy atom. The van der Waals surface area contributed by atoms with Crippen molar-refractivity contribution in [1.29, 1.82) is 0 Å². The lowest BCUT2D eigenvalue weighted by Crippen LogP contribution is -2.32. The van der Waals surface area contributed by atoms with Crippen LogP contribution in [0.5, 0.6) is 0 Å². The number of nitrogens with zero attached hydrogens (tertiary/aromatic N) is 1. The van der Waals surface area contributed by atoms with Gasteiger partial charge in [-0.15, -0.1) is 0 Å². The van der Waals surface area contributed by atoms with Gasteiger partial charge in [-0.25, -0.2) is 8.78 Å². The van der Waals surface area contributed by atoms with Gasteiger partial charge in [0.1, 0.15) is 11.3 Å². The number of hydrogen-bond acceptors (Lipinski definition) is 3. The molecule has 0 bridgehead atoms. The average Bonchev–Trinajstić information content (AvgIpc) is 3.01. The monoisotopic (exact) mass is 344 g/mol. The molecule has 2 aromatic carbocycles. The summed E-state index contributed by atoms with van der Waals surface area (Å²) in [6.45, 7) is 2.01. The van der Waals surface area contributed by atoms with Crippen LogP contribution in [0.25, 0.3) is 11.0 Å². The Balaban J connectivity index is 1.64. The number of amides is 1. The topological polar surface area (TPSA) is 45.5 Å². The van der Waals surface area contributed by atoms with E-state index in [1.165, 1.54) is 6.07 Å². The molecule has 0 spiro atoms. The van der Waals surface area contributed by atoms with Crippen LogP contribution >= 0.6 is 0 Å². The summed E-state index contributed by atoms with van der Waals surface area (Å²) in [5.74, 6) is -1.52. The van der Waals surface area contributed by atoms with E-state index in [1.807, 2.05) is 42.2 Å². The van der Waals surface area contributed by atoms with Crippen molar-refractivity contribution in [3.8, 4) is 0 Å². The predicted octanol–water partition coefficient (Wildman–Crippen LogP) is 4.34. The van der Waals surface area contributed by atoms with Gasteiger partial charge in [0.05, 0.1) is 12.6 Å². The SMILES string of the molecule is C[C@@H](c1cc2ccccc2o1)N(C)CC(=O)Nc1ccc(F)c(F)c1. The molecule has 0 aliphatic carbocycles. The number of benzene rings is 2. The van der Waals surface area contributed by atoms with Crippen molar-refractivity contribution in [2.45, 2.75) is 13.0 Å². The summed E-state index contributed by atoms with van der Waals surface area (Å²) in [5, 5.41) is 3.56. The molecule has 1 amide bonds. The van der Waals surface area contributed by atoms with E-state index in [0.29, 0.717) is 0 Å². The van der Waals surface area contributed by atoms with Crippen molar-refractivity contribution >= 4 is 22.6 Å². The van der Waals surface area contributed by atoms with Crippen LogP contribution in [-0.2, 0) is 4.79 Å². The third kappa shape index (κ3) is 3.85. The van der Waals surface area contributed by atoms with E-state index < -0.39 is 11.6 Å². The molecule has 0 saturated carbocycles. The van der Waals surface area contributed by atoms with E-state index in [0.717, 1.165) is 28.9 Å². The number of fused-ring (bicyclic) bond motifs is 1. The number of likely N-dealkylation sites (N-methyl/N-ethyl adjacent to an activating group) is 1. The van der Waals surface area contributed by atoms with Gasteiger partial charge in [0.2, 0.25) is 5.91 Å². The number of carbonyl (C=O) groups is 1. The van der Waals surface area contributed by atoms with Crippen LogP contribution in [0.2, 0.25) is 0 Å². The van der Waals surface area contributed by atoms with Gasteiger partial charge < -0.3 is 9.73 Å². The lowest BCUT2D eigenvalue weighted by molar-refractivity contribution is -0.117. The number of nitrogens with one attached hydrogen (secondary N) is 1. The summed E-state index contributed by atoms with van der Waals surface area (Å²) in [6, 6.07) is 12.8. The molecule has 1 aromatic heterocycles. The number of para-hydroxylation sites is 1. The summed E-state index contributed by atoms with van der Waals surface area (Å²) >= 11 is 0. The maximum absolute atomic E-state index is 13.2. The fourth-order valence-electron chi connectivity index (χ4n) is 2.56. The van der Waals surface area contributed by atoms with Gasteiger partial charge in [-0.2, -0.15) is 0 Å². The van der Waals surface area contributed by atoms with Gasteiger partial charge >= 0.3 is 0 Å². The van der Waals surface area contributed by atoms with Crippen LogP contribution in [0.4, 0.5) is 14.5 Å². The molecule has 4 nitrogen and oxygen atoms in total. The Labute approximate surface area is 144 Å². The number of hydrogen-bond donors (Lipinski definition) is 1. The summed E-state index contributed by atoms with van der Waals surface area (Å²) in [4.78, 5) is 13.9. The zero-order valence-corrected chi connectivity index (χ0v) is 13.9. The lowest BCUT2D eigenvalue weighted by Gasteiger charge is -2.22. The molecule has 6 heteroatoms. The van der Waals surface area contributed by atoms with E-state index in [2.05, 4.69) is 5.32 Å². The Kier molecular flexibility index (Phi) is 4.81. The van der Waals surface area contributed by atoms with Gasteiger partial charge in [0.25, 0.3) is 0 Å². The van der Waals surface area contributed by atoms with Crippen molar-refractivity contribution in [3.63, 3.8) is 0 Å². The minimum absolute atomic E-state index is 0.0806. The standard InChI is InChI=1S/C19H18F2N2O2/c1-12(18-9-13-5-3-4-6-17(13)25-18)23(2)11-19(24)22-14-7-8-15(20)16(21)10-14/h3-10,12H,11H2,1-2H3,(H,22,24)/t12-/m0/s1. The zero-order chi connectivity index (χ0) is 18.0. The van der Waals surface area contributed by atoms with Crippen LogP contribution in [-0.4, -0.2) is 24.4 Å². The molecule has 0 radical (unpaired) electrons. The first-order valence-electron chi connectivity index (χ1n) is 7.87. The molecule has 3 rings (SSSR count). The third-order valence-electron chi connectivity index (χ3n) is 4.11. The normalized spacial score (nSPS) is 12.5. The van der Waals surface area contributed by atoms with Crippen molar-refractivity contribution in [1.82, 2.24) is 4.90 Å². The quantitative estimate of drug-likeness (QED) is 0.749. The van der Waals surface area contributed by atoms with Gasteiger partial charge in [-0.1, -0.05) is 18.2 Å². The molecule has 3 aromatic rings. The van der Waals surface area contributed by atoms with E-state index >= 15 is 0 Å². The van der Waals surface area contributed by atoms with Gasteiger partial charge in [0, 0.05) is 17.1 Å². The van der Waals surface area contributed by atoms with Gasteiger partial charge in [-0.05, 0) is 38.2 Å². The first kappa shape index (κ1) is 17.1. The highest BCUT2D eigenvalue weighted by Gasteiger charge is 2.19. The molecular weight excluding hydrogens is 326 g/mol. The fraction of sp³-hybridized carbons (Fsp3) is 0.211. The molecule has 1 N–H and O–H groups in total. The van der Waals surface area contributed by atoms with Crippen LogP contribution in [0, 0.1) is 11.6 Å². The second kappa shape index (κ2) is 7.03. The highest BCUT2D eigenvalue weighted by atomic mass is 19.2. The molecule has 0 aliphatic rings. The van der Waals surface area contributed by atoms with E-state index in [-0.39, 0.29) is 24.2 Å². The first-order valence-corrected chi connectivity index (χ1v) is 7.87. The van der Waals surface area contributed by atoms with Crippen molar-refractivity contribution in [3.05, 3.63) is 65.9 Å². The van der Waals surface area contributed by atoms with Crippen LogP contribution < -0.4 is 5.32 Å². The summed E-state index contributed by atoms with van der Waals surface area (Å²) in [7, 11) is 1.79. The highest BCUT2D eigenvalue weighted by molar-refractivity contribution is 5.92. The largest absolute Gasteiger partial charge is 0.459 e. The number of halogens is 2. The van der Waals surface area contributed by atoms with Crippen LogP contribution in [0.3, 0.4) is 0 Å². The van der Waals surface area contributed by atoms with Crippen molar-refractivity contribution in [2.24, 2.45) is 0 Å². The Hall–Kier alpha value is -2.73. The number of carbonyl (C=O) groups excluding carboxylic acids is 1. The summed E-state index contributed by atoms with van der Waals surface area (Å²) in [6.07, 6.45) is 0. The van der Waals surface area contributed by atoms with Crippen LogP contribution in [0.15, 0.2) is 52.9 Å². The maximum atomic E-state index is 13.2. The van der Waals surface area contributed by atoms with Crippen LogP contribution in [0.1, 0.15) is 18.7 Å². The molecule has 25 heavy (non-hydrogen) atoms. The fourth-order valence-corrected chi connectivity index (χ4v) is 2.56. The zero-order valence-electron chi connectivity index (χ0n) is 13.9. The van der Waals surface area contributed by atoms with E-state index in [9.17, 15) is 13.6 Å². The highest BCUT2D eigenvalue weighted by Crippen LogP contribution is 2.26. The smallest absolute Gasteiger partial charge is 0.238 e. The molecule has 0 fully saturated rings. The number of furan rings is 1. The predicted molar refractivity (Wildman–Crippen MR) is 92.2 cm³/mol. The Bertz CT molecular complexity index is 874. The summed E-state index contributed by atoms with van der Waals surface area (Å²) < 4.78 is 31.9. The van der Waals surface area contributed by atoms with E-state index in [4.69, 9.17) is 4.42 Å². The second-order valence-electron chi connectivity index (χ2n) is 5.95. The Morgan fingerprint density at radius 2 is 1.92 bits per heavy atom. The molecule has 1 atom stereocenters. The molecular formula is C19H18F2N2O2. The lowest BCUT2D eigenvalue weighted by atomic mass is 10.2. The minimum Gasteiger partial charge on any atom is -0.459 e. The molecule has 0 unspecified atom stereocenters.